The molecule has 1 aromatic heterocycles. The first-order chi connectivity index (χ1) is 10.6. The van der Waals surface area contributed by atoms with E-state index < -0.39 is 0 Å². The number of rotatable bonds is 4. The normalized spacial score (nSPS) is 36.5. The minimum Gasteiger partial charge on any atom is -0.323 e. The van der Waals surface area contributed by atoms with Crippen LogP contribution in [-0.4, -0.2) is 10.5 Å². The number of carbonyl (C=O) groups is 1. The fourth-order valence-electron chi connectivity index (χ4n) is 5.42. The first kappa shape index (κ1) is 14.7. The van der Waals surface area contributed by atoms with E-state index in [0.717, 1.165) is 42.4 Å². The summed E-state index contributed by atoms with van der Waals surface area (Å²) in [4.78, 5) is 19.9. The lowest BCUT2D eigenvalue weighted by molar-refractivity contribution is -0.129. The molecule has 0 N–H and O–H groups in total. The summed E-state index contributed by atoms with van der Waals surface area (Å²) in [5, 5.41) is 0. The molecule has 22 heavy (non-hydrogen) atoms. The summed E-state index contributed by atoms with van der Waals surface area (Å²) < 4.78 is 2.19. The van der Waals surface area contributed by atoms with Gasteiger partial charge in [-0.15, -0.1) is 11.3 Å². The van der Waals surface area contributed by atoms with Crippen LogP contribution in [0, 0.1) is 30.1 Å². The highest BCUT2D eigenvalue weighted by atomic mass is 32.1. The molecule has 1 aromatic rings. The van der Waals surface area contributed by atoms with Crippen molar-refractivity contribution in [2.75, 3.05) is 0 Å². The Morgan fingerprint density at radius 2 is 2.09 bits per heavy atom. The summed E-state index contributed by atoms with van der Waals surface area (Å²) in [5.41, 5.74) is -0.0753. The minimum atomic E-state index is -0.0753. The molecule has 4 aliphatic carbocycles. The van der Waals surface area contributed by atoms with Crippen LogP contribution in [0.25, 0.3) is 0 Å². The smallest absolute Gasteiger partial charge is 0.254 e. The van der Waals surface area contributed by atoms with Crippen molar-refractivity contribution in [2.24, 2.45) is 28.2 Å². The molecule has 0 saturated heterocycles. The van der Waals surface area contributed by atoms with Crippen LogP contribution in [0.15, 0.2) is 11.2 Å². The molecule has 4 bridgehead atoms. The molecule has 0 spiro atoms. The maximum atomic E-state index is 13.0. The molecular weight excluding hydrogens is 292 g/mol. The van der Waals surface area contributed by atoms with Crippen molar-refractivity contribution in [1.29, 1.82) is 0 Å². The Hall–Kier alpha value is -0.900. The quantitative estimate of drug-likeness (QED) is 0.828. The van der Waals surface area contributed by atoms with Crippen LogP contribution in [0.2, 0.25) is 0 Å². The SMILES string of the molecule is CCCCn1cc(C)s/c1=N\C(=O)C12CC3CC(CC1C3)C2. The molecule has 4 saturated carbocycles. The highest BCUT2D eigenvalue weighted by Crippen LogP contribution is 2.65. The standard InChI is InChI=1S/C18H26N2OS/c1-3-4-5-20-11-12(2)22-17(20)19-16(21)18-9-13-6-14(10-18)8-15(18)7-13/h11,13-15H,3-10H2,1-2H3/b19-17-. The fraction of sp³-hybridized carbons (Fsp3) is 0.778. The van der Waals surface area contributed by atoms with E-state index in [1.165, 1.54) is 30.6 Å². The largest absolute Gasteiger partial charge is 0.323 e. The Morgan fingerprint density at radius 1 is 1.36 bits per heavy atom. The predicted octanol–water partition coefficient (Wildman–Crippen LogP) is 3.91. The van der Waals surface area contributed by atoms with Gasteiger partial charge in [0, 0.05) is 17.6 Å². The maximum Gasteiger partial charge on any atom is 0.254 e. The molecule has 4 fully saturated rings. The molecule has 4 aliphatic rings. The number of carbonyl (C=O) groups excluding carboxylic acids is 1. The van der Waals surface area contributed by atoms with E-state index in [9.17, 15) is 4.79 Å². The van der Waals surface area contributed by atoms with Crippen LogP contribution in [0.4, 0.5) is 0 Å². The van der Waals surface area contributed by atoms with Gasteiger partial charge in [0.1, 0.15) is 0 Å². The van der Waals surface area contributed by atoms with Crippen LogP contribution in [0.1, 0.15) is 56.7 Å². The van der Waals surface area contributed by atoms with Gasteiger partial charge in [-0.25, -0.2) is 0 Å². The van der Waals surface area contributed by atoms with E-state index in [4.69, 9.17) is 0 Å². The van der Waals surface area contributed by atoms with Crippen molar-refractivity contribution >= 4 is 17.2 Å². The number of aromatic nitrogens is 1. The van der Waals surface area contributed by atoms with Gasteiger partial charge in [-0.1, -0.05) is 13.3 Å². The maximum absolute atomic E-state index is 13.0. The molecule has 3 nitrogen and oxygen atoms in total. The Morgan fingerprint density at radius 3 is 2.77 bits per heavy atom. The van der Waals surface area contributed by atoms with Crippen molar-refractivity contribution in [3.05, 3.63) is 15.9 Å². The zero-order valence-corrected chi connectivity index (χ0v) is 14.5. The predicted molar refractivity (Wildman–Crippen MR) is 88.5 cm³/mol. The Labute approximate surface area is 136 Å². The van der Waals surface area contributed by atoms with Gasteiger partial charge >= 0.3 is 0 Å². The van der Waals surface area contributed by atoms with Gasteiger partial charge in [0.05, 0.1) is 5.41 Å². The van der Waals surface area contributed by atoms with Crippen molar-refractivity contribution in [3.63, 3.8) is 0 Å². The number of aryl methyl sites for hydroxylation is 2. The summed E-state index contributed by atoms with van der Waals surface area (Å²) >= 11 is 1.67. The van der Waals surface area contributed by atoms with Gasteiger partial charge in [0.25, 0.3) is 5.91 Å². The van der Waals surface area contributed by atoms with Crippen molar-refractivity contribution < 1.29 is 4.79 Å². The zero-order valence-electron chi connectivity index (χ0n) is 13.7. The van der Waals surface area contributed by atoms with Gasteiger partial charge in [-0.3, -0.25) is 4.79 Å². The number of nitrogens with zero attached hydrogens (tertiary/aromatic N) is 2. The molecule has 2 unspecified atom stereocenters. The summed E-state index contributed by atoms with van der Waals surface area (Å²) in [6, 6.07) is 0. The average Bonchev–Trinajstić information content (AvgIpc) is 3.04. The van der Waals surface area contributed by atoms with Crippen LogP contribution < -0.4 is 4.80 Å². The van der Waals surface area contributed by atoms with Crippen LogP contribution in [0.3, 0.4) is 0 Å². The summed E-state index contributed by atoms with van der Waals surface area (Å²) in [6.07, 6.45) is 10.7. The highest BCUT2D eigenvalue weighted by molar-refractivity contribution is 7.09. The number of amides is 1. The molecule has 5 rings (SSSR count). The van der Waals surface area contributed by atoms with E-state index >= 15 is 0 Å². The lowest BCUT2D eigenvalue weighted by Gasteiger charge is -2.29. The molecule has 120 valence electrons. The third kappa shape index (κ3) is 2.22. The fourth-order valence-corrected chi connectivity index (χ4v) is 6.28. The topological polar surface area (TPSA) is 34.4 Å². The van der Waals surface area contributed by atoms with Crippen LogP contribution >= 0.6 is 11.3 Å². The molecule has 0 aromatic carbocycles. The minimum absolute atomic E-state index is 0.0753. The van der Waals surface area contributed by atoms with E-state index in [1.54, 1.807) is 11.3 Å². The molecule has 4 heteroatoms. The third-order valence-electron chi connectivity index (χ3n) is 6.20. The van der Waals surface area contributed by atoms with Gasteiger partial charge < -0.3 is 4.57 Å². The van der Waals surface area contributed by atoms with Crippen molar-refractivity contribution in [3.8, 4) is 0 Å². The second kappa shape index (κ2) is 5.33. The highest BCUT2D eigenvalue weighted by Gasteiger charge is 2.61. The van der Waals surface area contributed by atoms with Gasteiger partial charge in [-0.05, 0) is 63.2 Å². The third-order valence-corrected chi connectivity index (χ3v) is 7.14. The van der Waals surface area contributed by atoms with Crippen molar-refractivity contribution in [1.82, 2.24) is 4.57 Å². The zero-order chi connectivity index (χ0) is 15.3. The molecule has 0 radical (unpaired) electrons. The monoisotopic (exact) mass is 318 g/mol. The lowest BCUT2D eigenvalue weighted by Crippen LogP contribution is -2.33. The Kier molecular flexibility index (Phi) is 3.55. The first-order valence-electron chi connectivity index (χ1n) is 8.87. The number of unbranched alkanes of at least 4 members (excludes halogenated alkanes) is 1. The van der Waals surface area contributed by atoms with E-state index in [0.29, 0.717) is 5.92 Å². The van der Waals surface area contributed by atoms with Crippen LogP contribution in [-0.2, 0) is 11.3 Å². The van der Waals surface area contributed by atoms with Crippen molar-refractivity contribution in [2.45, 2.75) is 65.3 Å². The summed E-state index contributed by atoms with van der Waals surface area (Å²) in [5.74, 6) is 2.47. The second-order valence-electron chi connectivity index (χ2n) is 7.79. The second-order valence-corrected chi connectivity index (χ2v) is 9.00. The van der Waals surface area contributed by atoms with Gasteiger partial charge in [0.2, 0.25) is 0 Å². The van der Waals surface area contributed by atoms with E-state index in [-0.39, 0.29) is 11.3 Å². The van der Waals surface area contributed by atoms with Gasteiger partial charge in [0.15, 0.2) is 4.80 Å². The molecule has 1 heterocycles. The number of hydrogen-bond donors (Lipinski definition) is 0. The molecular formula is C18H26N2OS. The summed E-state index contributed by atoms with van der Waals surface area (Å²) in [6.45, 7) is 5.29. The lowest BCUT2D eigenvalue weighted by atomic mass is 9.75. The summed E-state index contributed by atoms with van der Waals surface area (Å²) in [7, 11) is 0. The van der Waals surface area contributed by atoms with Crippen LogP contribution in [0.5, 0.6) is 0 Å². The number of thiazole rings is 1. The van der Waals surface area contributed by atoms with Gasteiger partial charge in [-0.2, -0.15) is 4.99 Å². The number of hydrogen-bond acceptors (Lipinski definition) is 2. The first-order valence-corrected chi connectivity index (χ1v) is 9.68. The molecule has 1 amide bonds. The Bertz CT molecular complexity index is 642. The molecule has 0 aliphatic heterocycles. The van der Waals surface area contributed by atoms with E-state index in [1.807, 2.05) is 0 Å². The Balaban J connectivity index is 1.64. The average molecular weight is 318 g/mol. The van der Waals surface area contributed by atoms with E-state index in [2.05, 4.69) is 29.6 Å². The molecule has 2 atom stereocenters.